The monoisotopic (exact) mass is 385 g/mol. The number of nitrogens with zero attached hydrogens (tertiary/aromatic N) is 2. The molecule has 4 rings (SSSR count). The molecule has 4 aromatic rings. The Bertz CT molecular complexity index is 1170. The van der Waals surface area contributed by atoms with E-state index in [1.807, 2.05) is 68.4 Å². The van der Waals surface area contributed by atoms with Crippen LogP contribution in [0.5, 0.6) is 0 Å². The van der Waals surface area contributed by atoms with E-state index in [1.54, 1.807) is 12.5 Å². The third-order valence-electron chi connectivity index (χ3n) is 5.13. The number of hydrogen-bond acceptors (Lipinski definition) is 3. The lowest BCUT2D eigenvalue weighted by molar-refractivity contribution is -0.120. The number of rotatable bonds is 6. The van der Waals surface area contributed by atoms with Crippen LogP contribution in [-0.2, 0) is 17.8 Å². The summed E-state index contributed by atoms with van der Waals surface area (Å²) in [6.45, 7) is 4.76. The molecule has 0 bridgehead atoms. The number of benzene rings is 2. The molecule has 0 aliphatic rings. The Hall–Kier alpha value is -3.60. The average Bonchev–Trinajstić information content (AvgIpc) is 3.32. The number of nitrogens with one attached hydrogen (secondary N) is 1. The molecule has 2 aromatic heterocycles. The number of carbonyl (C=O) groups is 1. The van der Waals surface area contributed by atoms with Crippen LogP contribution < -0.4 is 5.43 Å². The van der Waals surface area contributed by atoms with Crippen molar-refractivity contribution in [2.24, 2.45) is 5.10 Å². The molecular weight excluding hydrogens is 362 g/mol. The molecule has 0 radical (unpaired) electrons. The number of hydrazone groups is 1. The van der Waals surface area contributed by atoms with Crippen molar-refractivity contribution in [3.63, 3.8) is 0 Å². The summed E-state index contributed by atoms with van der Waals surface area (Å²) in [5.41, 5.74) is 6.80. The van der Waals surface area contributed by atoms with Crippen LogP contribution in [0.1, 0.15) is 28.3 Å². The van der Waals surface area contributed by atoms with Crippen molar-refractivity contribution in [3.8, 4) is 0 Å². The molecular formula is C24H23N3O2. The van der Waals surface area contributed by atoms with Crippen molar-refractivity contribution in [3.05, 3.63) is 95.2 Å². The van der Waals surface area contributed by atoms with Gasteiger partial charge in [0, 0.05) is 17.0 Å². The highest BCUT2D eigenvalue weighted by Crippen LogP contribution is 2.19. The molecule has 5 nitrogen and oxygen atoms in total. The summed E-state index contributed by atoms with van der Waals surface area (Å²) in [4.78, 5) is 12.4. The van der Waals surface area contributed by atoms with Crippen LogP contribution in [0, 0.1) is 13.8 Å². The predicted octanol–water partition coefficient (Wildman–Crippen LogP) is 4.59. The Labute approximate surface area is 169 Å². The van der Waals surface area contributed by atoms with Crippen LogP contribution in [0.15, 0.2) is 76.4 Å². The first kappa shape index (κ1) is 18.7. The normalized spacial score (nSPS) is 11.4. The van der Waals surface area contributed by atoms with Crippen molar-refractivity contribution in [1.29, 1.82) is 0 Å². The number of furan rings is 1. The Morgan fingerprint density at radius 1 is 1.10 bits per heavy atom. The minimum atomic E-state index is -0.137. The SMILES string of the molecule is Cc1cc(C=NNC(=O)Cc2cccc3ccccc23)c(C)n1Cc1ccco1. The number of amides is 1. The van der Waals surface area contributed by atoms with Gasteiger partial charge in [-0.2, -0.15) is 5.10 Å². The van der Waals surface area contributed by atoms with Gasteiger partial charge in [-0.3, -0.25) is 4.79 Å². The fourth-order valence-corrected chi connectivity index (χ4v) is 3.59. The lowest BCUT2D eigenvalue weighted by atomic mass is 10.0. The molecule has 0 atom stereocenters. The number of hydrogen-bond donors (Lipinski definition) is 1. The minimum absolute atomic E-state index is 0.137. The molecule has 0 aliphatic carbocycles. The van der Waals surface area contributed by atoms with Crippen molar-refractivity contribution < 1.29 is 9.21 Å². The number of aryl methyl sites for hydroxylation is 1. The highest BCUT2D eigenvalue weighted by Gasteiger charge is 2.10. The van der Waals surface area contributed by atoms with Gasteiger partial charge in [-0.25, -0.2) is 5.43 Å². The first-order valence-corrected chi connectivity index (χ1v) is 9.59. The zero-order valence-electron chi connectivity index (χ0n) is 16.6. The Morgan fingerprint density at radius 3 is 2.76 bits per heavy atom. The Balaban J connectivity index is 1.43. The van der Waals surface area contributed by atoms with Crippen LogP contribution in [0.3, 0.4) is 0 Å². The molecule has 0 aliphatic heterocycles. The second-order valence-corrected chi connectivity index (χ2v) is 7.10. The standard InChI is InChI=1S/C24H23N3O2/c1-17-13-21(18(2)27(17)16-22-10-6-12-29-22)15-25-26-24(28)14-20-9-5-8-19-7-3-4-11-23(19)20/h3-13,15H,14,16H2,1-2H3,(H,26,28). The molecule has 0 fully saturated rings. The van der Waals surface area contributed by atoms with Crippen LogP contribution >= 0.6 is 0 Å². The van der Waals surface area contributed by atoms with Crippen molar-refractivity contribution >= 4 is 22.9 Å². The minimum Gasteiger partial charge on any atom is -0.467 e. The van der Waals surface area contributed by atoms with E-state index < -0.39 is 0 Å². The van der Waals surface area contributed by atoms with E-state index in [4.69, 9.17) is 4.42 Å². The quantitative estimate of drug-likeness (QED) is 0.390. The maximum atomic E-state index is 12.4. The second-order valence-electron chi connectivity index (χ2n) is 7.10. The summed E-state index contributed by atoms with van der Waals surface area (Å²) in [6.07, 6.45) is 3.66. The highest BCUT2D eigenvalue weighted by molar-refractivity contribution is 5.90. The van der Waals surface area contributed by atoms with Crippen molar-refractivity contribution in [1.82, 2.24) is 9.99 Å². The number of aromatic nitrogens is 1. The van der Waals surface area contributed by atoms with Crippen molar-refractivity contribution in [2.75, 3.05) is 0 Å². The molecule has 0 saturated heterocycles. The molecule has 0 unspecified atom stereocenters. The van der Waals surface area contributed by atoms with Gasteiger partial charge in [-0.1, -0.05) is 42.5 Å². The third kappa shape index (κ3) is 4.14. The van der Waals surface area contributed by atoms with Gasteiger partial charge in [0.2, 0.25) is 5.91 Å². The smallest absolute Gasteiger partial charge is 0.244 e. The lowest BCUT2D eigenvalue weighted by Crippen LogP contribution is -2.20. The third-order valence-corrected chi connectivity index (χ3v) is 5.13. The van der Waals surface area contributed by atoms with Gasteiger partial charge in [0.1, 0.15) is 5.76 Å². The molecule has 29 heavy (non-hydrogen) atoms. The Morgan fingerprint density at radius 2 is 1.93 bits per heavy atom. The van der Waals surface area contributed by atoms with Gasteiger partial charge in [0.15, 0.2) is 0 Å². The maximum Gasteiger partial charge on any atom is 0.244 e. The van der Waals surface area contributed by atoms with Gasteiger partial charge in [-0.15, -0.1) is 0 Å². The second kappa shape index (κ2) is 8.19. The van der Waals surface area contributed by atoms with Crippen LogP contribution in [-0.4, -0.2) is 16.7 Å². The van der Waals surface area contributed by atoms with Gasteiger partial charge < -0.3 is 8.98 Å². The molecule has 2 heterocycles. The predicted molar refractivity (Wildman–Crippen MR) is 115 cm³/mol. The average molecular weight is 385 g/mol. The van der Waals surface area contributed by atoms with E-state index >= 15 is 0 Å². The zero-order valence-corrected chi connectivity index (χ0v) is 16.6. The first-order chi connectivity index (χ1) is 14.1. The molecule has 5 heteroatoms. The molecule has 0 spiro atoms. The fraction of sp³-hybridized carbons (Fsp3) is 0.167. The van der Waals surface area contributed by atoms with E-state index in [2.05, 4.69) is 21.2 Å². The first-order valence-electron chi connectivity index (χ1n) is 9.59. The van der Waals surface area contributed by atoms with Crippen LogP contribution in [0.4, 0.5) is 0 Å². The molecule has 1 N–H and O–H groups in total. The van der Waals surface area contributed by atoms with Gasteiger partial charge in [-0.05, 0) is 48.4 Å². The van der Waals surface area contributed by atoms with E-state index in [9.17, 15) is 4.79 Å². The summed E-state index contributed by atoms with van der Waals surface area (Å²) in [7, 11) is 0. The maximum absolute atomic E-state index is 12.4. The summed E-state index contributed by atoms with van der Waals surface area (Å²) in [6, 6.07) is 20.0. The number of carbonyl (C=O) groups excluding carboxylic acids is 1. The molecule has 146 valence electrons. The summed E-state index contributed by atoms with van der Waals surface area (Å²) < 4.78 is 7.61. The topological polar surface area (TPSA) is 59.5 Å². The summed E-state index contributed by atoms with van der Waals surface area (Å²) in [5, 5.41) is 6.39. The zero-order chi connectivity index (χ0) is 20.2. The van der Waals surface area contributed by atoms with E-state index in [0.29, 0.717) is 6.54 Å². The summed E-state index contributed by atoms with van der Waals surface area (Å²) in [5.74, 6) is 0.765. The number of fused-ring (bicyclic) bond motifs is 1. The summed E-state index contributed by atoms with van der Waals surface area (Å²) >= 11 is 0. The van der Waals surface area contributed by atoms with E-state index in [0.717, 1.165) is 39.0 Å². The van der Waals surface area contributed by atoms with E-state index in [-0.39, 0.29) is 12.3 Å². The fourth-order valence-electron chi connectivity index (χ4n) is 3.59. The molecule has 1 amide bonds. The van der Waals surface area contributed by atoms with Crippen LogP contribution in [0.2, 0.25) is 0 Å². The molecule has 0 saturated carbocycles. The van der Waals surface area contributed by atoms with E-state index in [1.165, 1.54) is 0 Å². The van der Waals surface area contributed by atoms with Gasteiger partial charge in [0.25, 0.3) is 0 Å². The molecule has 2 aromatic carbocycles. The lowest BCUT2D eigenvalue weighted by Gasteiger charge is -2.07. The van der Waals surface area contributed by atoms with Gasteiger partial charge >= 0.3 is 0 Å². The Kier molecular flexibility index (Phi) is 5.29. The highest BCUT2D eigenvalue weighted by atomic mass is 16.3. The van der Waals surface area contributed by atoms with Crippen molar-refractivity contribution in [2.45, 2.75) is 26.8 Å². The van der Waals surface area contributed by atoms with Gasteiger partial charge in [0.05, 0.1) is 25.4 Å². The van der Waals surface area contributed by atoms with Crippen LogP contribution in [0.25, 0.3) is 10.8 Å². The largest absolute Gasteiger partial charge is 0.467 e.